The minimum Gasteiger partial charge on any atom is -0.375 e. The SMILES string of the molecule is C=N/C(=C\N=C(C)Cl)C(=O)Nc1cccc([C@]2(N=C)CO[C@@H](C)C[C@@]2(F)CSCN)c1. The Hall–Kier alpha value is -2.07. The Bertz CT molecular complexity index is 892. The number of rotatable bonds is 9. The number of aliphatic imine (C=N–C) groups is 3. The Morgan fingerprint density at radius 2 is 2.26 bits per heavy atom. The molecular formula is C21H27ClFN5O2S. The first kappa shape index (κ1) is 25.2. The number of hydrogen-bond donors (Lipinski definition) is 2. The third-order valence-electron chi connectivity index (χ3n) is 5.01. The molecule has 3 N–H and O–H groups in total. The quantitative estimate of drug-likeness (QED) is 0.327. The van der Waals surface area contributed by atoms with Crippen molar-refractivity contribution in [1.29, 1.82) is 0 Å². The number of hydrogen-bond acceptors (Lipinski definition) is 7. The summed E-state index contributed by atoms with van der Waals surface area (Å²) in [6.07, 6.45) is 1.10. The van der Waals surface area contributed by atoms with Gasteiger partial charge in [-0.3, -0.25) is 14.8 Å². The average Bonchev–Trinajstić information content (AvgIpc) is 2.73. The van der Waals surface area contributed by atoms with Gasteiger partial charge in [-0.2, -0.15) is 0 Å². The molecule has 0 radical (unpaired) electrons. The number of alkyl halides is 1. The minimum absolute atomic E-state index is 0.0176. The van der Waals surface area contributed by atoms with Crippen LogP contribution in [0, 0.1) is 0 Å². The van der Waals surface area contributed by atoms with Crippen LogP contribution in [0.25, 0.3) is 0 Å². The normalized spacial score (nSPS) is 26.9. The molecule has 1 amide bonds. The van der Waals surface area contributed by atoms with Crippen LogP contribution in [0.2, 0.25) is 0 Å². The van der Waals surface area contributed by atoms with E-state index in [0.29, 0.717) is 11.3 Å². The Morgan fingerprint density at radius 1 is 1.52 bits per heavy atom. The van der Waals surface area contributed by atoms with E-state index in [-0.39, 0.29) is 41.6 Å². The van der Waals surface area contributed by atoms with Crippen LogP contribution >= 0.6 is 23.4 Å². The van der Waals surface area contributed by atoms with E-state index in [1.807, 2.05) is 6.92 Å². The van der Waals surface area contributed by atoms with Crippen molar-refractivity contribution in [3.8, 4) is 0 Å². The Morgan fingerprint density at radius 3 is 2.87 bits per heavy atom. The summed E-state index contributed by atoms with van der Waals surface area (Å²) in [4.78, 5) is 24.3. The molecule has 0 aromatic heterocycles. The maximum absolute atomic E-state index is 16.3. The Labute approximate surface area is 191 Å². The van der Waals surface area contributed by atoms with Crippen molar-refractivity contribution in [3.63, 3.8) is 0 Å². The summed E-state index contributed by atoms with van der Waals surface area (Å²) in [6, 6.07) is 6.78. The molecule has 0 bridgehead atoms. The highest BCUT2D eigenvalue weighted by Gasteiger charge is 2.57. The number of carbonyl (C=O) groups excluding carboxylic acids is 1. The topological polar surface area (TPSA) is 101 Å². The van der Waals surface area contributed by atoms with Crippen LogP contribution in [0.3, 0.4) is 0 Å². The van der Waals surface area contributed by atoms with E-state index < -0.39 is 17.1 Å². The number of carbonyl (C=O) groups is 1. The second kappa shape index (κ2) is 11.0. The summed E-state index contributed by atoms with van der Waals surface area (Å²) in [6.45, 7) is 10.5. The van der Waals surface area contributed by atoms with E-state index in [0.717, 1.165) is 0 Å². The van der Waals surface area contributed by atoms with Gasteiger partial charge in [0.15, 0.2) is 5.67 Å². The van der Waals surface area contributed by atoms with Gasteiger partial charge in [-0.1, -0.05) is 23.7 Å². The van der Waals surface area contributed by atoms with E-state index in [2.05, 4.69) is 33.7 Å². The van der Waals surface area contributed by atoms with Gasteiger partial charge >= 0.3 is 0 Å². The predicted octanol–water partition coefficient (Wildman–Crippen LogP) is 3.89. The highest BCUT2D eigenvalue weighted by atomic mass is 35.5. The molecule has 2 rings (SSSR count). The zero-order valence-corrected chi connectivity index (χ0v) is 19.2. The second-order valence-corrected chi connectivity index (χ2v) is 8.74. The summed E-state index contributed by atoms with van der Waals surface area (Å²) in [5, 5.41) is 2.96. The molecule has 1 saturated heterocycles. The molecule has 1 aliphatic heterocycles. The number of ether oxygens (including phenoxy) is 1. The predicted molar refractivity (Wildman–Crippen MR) is 128 cm³/mol. The molecule has 31 heavy (non-hydrogen) atoms. The fourth-order valence-electron chi connectivity index (χ4n) is 3.47. The lowest BCUT2D eigenvalue weighted by atomic mass is 9.73. The Balaban J connectivity index is 2.40. The second-order valence-electron chi connectivity index (χ2n) is 7.16. The highest BCUT2D eigenvalue weighted by Crippen LogP contribution is 2.48. The molecule has 1 aliphatic rings. The van der Waals surface area contributed by atoms with Crippen molar-refractivity contribution in [2.75, 3.05) is 23.6 Å². The van der Waals surface area contributed by atoms with Gasteiger partial charge in [0.25, 0.3) is 5.91 Å². The third kappa shape index (κ3) is 5.79. The molecule has 1 heterocycles. The van der Waals surface area contributed by atoms with Crippen molar-refractivity contribution < 1.29 is 13.9 Å². The van der Waals surface area contributed by atoms with Gasteiger partial charge in [0.2, 0.25) is 0 Å². The number of thioether (sulfide) groups is 1. The maximum atomic E-state index is 16.3. The number of benzene rings is 1. The van der Waals surface area contributed by atoms with Crippen molar-refractivity contribution in [2.24, 2.45) is 20.7 Å². The van der Waals surface area contributed by atoms with E-state index >= 15 is 4.39 Å². The van der Waals surface area contributed by atoms with E-state index in [1.165, 1.54) is 18.0 Å². The first-order valence-corrected chi connectivity index (χ1v) is 11.1. The Kier molecular flexibility index (Phi) is 8.93. The lowest BCUT2D eigenvalue weighted by Gasteiger charge is -2.47. The fourth-order valence-corrected chi connectivity index (χ4v) is 4.31. The van der Waals surface area contributed by atoms with Crippen molar-refractivity contribution >= 4 is 53.6 Å². The molecule has 0 saturated carbocycles. The van der Waals surface area contributed by atoms with Crippen molar-refractivity contribution in [3.05, 3.63) is 41.7 Å². The molecule has 0 spiro atoms. The first-order valence-electron chi connectivity index (χ1n) is 9.56. The fraction of sp³-hybridized carbons (Fsp3) is 0.429. The molecular weight excluding hydrogens is 441 g/mol. The molecule has 10 heteroatoms. The van der Waals surface area contributed by atoms with Crippen LogP contribution < -0.4 is 11.1 Å². The number of halogens is 2. The summed E-state index contributed by atoms with van der Waals surface area (Å²) >= 11 is 6.99. The molecule has 0 unspecified atom stereocenters. The zero-order chi connectivity index (χ0) is 23.1. The van der Waals surface area contributed by atoms with Gasteiger partial charge in [-0.05, 0) is 45.0 Å². The number of nitrogens with two attached hydrogens (primary N) is 1. The number of nitrogens with zero attached hydrogens (tertiary/aromatic N) is 3. The molecule has 168 valence electrons. The van der Waals surface area contributed by atoms with Gasteiger partial charge in [-0.25, -0.2) is 9.38 Å². The van der Waals surface area contributed by atoms with Crippen LogP contribution in [-0.2, 0) is 15.1 Å². The number of amides is 1. The van der Waals surface area contributed by atoms with Crippen LogP contribution in [0.4, 0.5) is 10.1 Å². The molecule has 7 nitrogen and oxygen atoms in total. The van der Waals surface area contributed by atoms with Crippen molar-refractivity contribution in [2.45, 2.75) is 37.6 Å². The van der Waals surface area contributed by atoms with Crippen LogP contribution in [0.5, 0.6) is 0 Å². The average molecular weight is 468 g/mol. The van der Waals surface area contributed by atoms with Gasteiger partial charge < -0.3 is 15.8 Å². The molecule has 0 aliphatic carbocycles. The van der Waals surface area contributed by atoms with Crippen molar-refractivity contribution in [1.82, 2.24) is 0 Å². The molecule has 1 aromatic rings. The minimum atomic E-state index is -1.72. The molecule has 1 fully saturated rings. The summed E-state index contributed by atoms with van der Waals surface area (Å²) in [5.41, 5.74) is 3.50. The lowest BCUT2D eigenvalue weighted by Crippen LogP contribution is -2.57. The highest BCUT2D eigenvalue weighted by molar-refractivity contribution is 7.99. The first-order chi connectivity index (χ1) is 14.7. The van der Waals surface area contributed by atoms with E-state index in [4.69, 9.17) is 22.1 Å². The zero-order valence-electron chi connectivity index (χ0n) is 17.6. The van der Waals surface area contributed by atoms with E-state index in [9.17, 15) is 4.79 Å². The smallest absolute Gasteiger partial charge is 0.275 e. The van der Waals surface area contributed by atoms with Gasteiger partial charge in [0, 0.05) is 23.7 Å². The van der Waals surface area contributed by atoms with Crippen LogP contribution in [0.1, 0.15) is 25.8 Å². The summed E-state index contributed by atoms with van der Waals surface area (Å²) in [7, 11) is 0. The lowest BCUT2D eigenvalue weighted by molar-refractivity contribution is -0.112. The van der Waals surface area contributed by atoms with Gasteiger partial charge in [0.05, 0.1) is 18.9 Å². The van der Waals surface area contributed by atoms with E-state index in [1.54, 1.807) is 31.2 Å². The van der Waals surface area contributed by atoms with Gasteiger partial charge in [-0.15, -0.1) is 11.8 Å². The van der Waals surface area contributed by atoms with Crippen LogP contribution in [-0.4, -0.2) is 54.5 Å². The largest absolute Gasteiger partial charge is 0.375 e. The van der Waals surface area contributed by atoms with Crippen LogP contribution in [0.15, 0.2) is 51.1 Å². The maximum Gasteiger partial charge on any atom is 0.275 e. The molecule has 3 atom stereocenters. The monoisotopic (exact) mass is 467 g/mol. The summed E-state index contributed by atoms with van der Waals surface area (Å²) in [5.74, 6) is -0.0956. The van der Waals surface area contributed by atoms with Gasteiger partial charge in [0.1, 0.15) is 16.4 Å². The number of nitrogens with one attached hydrogen (secondary N) is 1. The third-order valence-corrected chi connectivity index (χ3v) is 6.01. The molecule has 1 aromatic carbocycles. The number of anilines is 1. The standard InChI is InChI=1S/C21H27ClFN5O2S/c1-14-9-20(23,12-31-13-24)21(26-4,11-30-14)16-6-5-7-17(8-16)28-19(29)18(25-3)10-27-15(2)22/h5-8,10,14H,3-4,9,11-13,24H2,1-2H3,(H,28,29)/b18-10-,27-15?/t14-,20+,21+/m0/s1. The summed E-state index contributed by atoms with van der Waals surface area (Å²) < 4.78 is 22.1.